The molecule has 0 aliphatic rings. The highest BCUT2D eigenvalue weighted by molar-refractivity contribution is 9.10. The van der Waals surface area contributed by atoms with Crippen LogP contribution in [0.3, 0.4) is 0 Å². The van der Waals surface area contributed by atoms with Gasteiger partial charge in [0.2, 0.25) is 11.0 Å². The highest BCUT2D eigenvalue weighted by atomic mass is 79.9. The van der Waals surface area contributed by atoms with E-state index in [9.17, 15) is 5.11 Å². The van der Waals surface area contributed by atoms with E-state index in [0.717, 1.165) is 5.69 Å². The van der Waals surface area contributed by atoms with Gasteiger partial charge in [-0.25, -0.2) is 4.99 Å². The smallest absolute Gasteiger partial charge is 0.348 e. The predicted octanol–water partition coefficient (Wildman–Crippen LogP) is 2.15. The fraction of sp³-hybridized carbons (Fsp3) is 0. The molecule has 0 atom stereocenters. The molecule has 104 valence electrons. The van der Waals surface area contributed by atoms with E-state index in [4.69, 9.17) is 4.52 Å². The van der Waals surface area contributed by atoms with Crippen molar-refractivity contribution in [2.75, 3.05) is 0 Å². The van der Waals surface area contributed by atoms with Crippen molar-refractivity contribution in [2.45, 2.75) is 0 Å². The summed E-state index contributed by atoms with van der Waals surface area (Å²) in [6.45, 7) is 0. The second-order valence-corrected chi connectivity index (χ2v) is 4.95. The molecule has 0 fully saturated rings. The van der Waals surface area contributed by atoms with Crippen molar-refractivity contribution in [3.8, 4) is 5.69 Å². The molecule has 0 unspecified atom stereocenters. The summed E-state index contributed by atoms with van der Waals surface area (Å²) in [5, 5.41) is 15.9. The maximum absolute atomic E-state index is 12.0. The summed E-state index contributed by atoms with van der Waals surface area (Å²) in [4.78, 5) is 3.94. The molecule has 3 aromatic rings. The number of benzene rings is 2. The third kappa shape index (κ3) is 2.85. The molecule has 0 N–H and O–H groups in total. The molecule has 0 radical (unpaired) electrons. The van der Waals surface area contributed by atoms with Crippen molar-refractivity contribution in [3.05, 3.63) is 70.8 Å². The van der Waals surface area contributed by atoms with Gasteiger partial charge in [0.25, 0.3) is 0 Å². The average molecular weight is 344 g/mol. The summed E-state index contributed by atoms with van der Waals surface area (Å²) in [5.74, 6) is -0.250. The lowest BCUT2D eigenvalue weighted by Gasteiger charge is -2.07. The van der Waals surface area contributed by atoms with Crippen LogP contribution in [0.2, 0.25) is 0 Å². The number of para-hydroxylation sites is 1. The Labute approximate surface area is 129 Å². The van der Waals surface area contributed by atoms with Gasteiger partial charge in [0, 0.05) is 32.7 Å². The Hall–Kier alpha value is -2.47. The average Bonchev–Trinajstić information content (AvgIpc) is 2.90. The quantitative estimate of drug-likeness (QED) is 0.415. The van der Waals surface area contributed by atoms with Crippen LogP contribution in [0.5, 0.6) is 0 Å². The molecule has 21 heavy (non-hydrogen) atoms. The van der Waals surface area contributed by atoms with Crippen LogP contribution in [0.15, 0.2) is 74.8 Å². The molecule has 0 saturated carbocycles. The zero-order chi connectivity index (χ0) is 14.7. The van der Waals surface area contributed by atoms with Crippen molar-refractivity contribution in [3.63, 3.8) is 0 Å². The van der Waals surface area contributed by atoms with E-state index in [1.54, 1.807) is 24.3 Å². The maximum atomic E-state index is 12.0. The zero-order valence-electron chi connectivity index (χ0n) is 10.8. The maximum Gasteiger partial charge on any atom is 0.348 e. The van der Waals surface area contributed by atoms with Crippen molar-refractivity contribution in [1.82, 2.24) is 5.27 Å². The van der Waals surface area contributed by atoms with E-state index >= 15 is 0 Å². The summed E-state index contributed by atoms with van der Waals surface area (Å²) >= 11 is 3.35. The molecule has 1 heterocycles. The molecule has 0 bridgehead atoms. The van der Waals surface area contributed by atoms with E-state index in [1.807, 2.05) is 36.4 Å². The fourth-order valence-corrected chi connectivity index (χ4v) is 2.21. The molecule has 0 spiro atoms. The van der Waals surface area contributed by atoms with Gasteiger partial charge < -0.3 is 5.11 Å². The second-order valence-electron chi connectivity index (χ2n) is 4.20. The molecule has 0 amide bonds. The fourth-order valence-electron chi connectivity index (χ4n) is 1.78. The molecule has 0 aliphatic carbocycles. The first-order chi connectivity index (χ1) is 10.3. The number of nitrogens with zero attached hydrogens (tertiary/aromatic N) is 3. The first-order valence-electron chi connectivity index (χ1n) is 6.20. The molecular formula is C15H10BrN3O2. The number of aliphatic imine (C=N–C) groups is 1. The number of aromatic nitrogens is 2. The van der Waals surface area contributed by atoms with Gasteiger partial charge in [-0.15, -0.1) is 0 Å². The van der Waals surface area contributed by atoms with Crippen molar-refractivity contribution < 1.29 is 14.3 Å². The van der Waals surface area contributed by atoms with Gasteiger partial charge >= 0.3 is 10.5 Å². The molecule has 3 rings (SSSR count). The molecule has 5 nitrogen and oxygen atoms in total. The summed E-state index contributed by atoms with van der Waals surface area (Å²) < 4.78 is 7.13. The Kier molecular flexibility index (Phi) is 3.79. The highest BCUT2D eigenvalue weighted by Gasteiger charge is 2.23. The van der Waals surface area contributed by atoms with E-state index in [0.29, 0.717) is 10.2 Å². The monoisotopic (exact) mass is 343 g/mol. The van der Waals surface area contributed by atoms with Crippen molar-refractivity contribution in [1.29, 1.82) is 0 Å². The lowest BCUT2D eigenvalue weighted by Crippen LogP contribution is -2.33. The summed E-state index contributed by atoms with van der Waals surface area (Å²) in [7, 11) is 0. The molecule has 0 saturated heterocycles. The van der Waals surface area contributed by atoms with Crippen LogP contribution < -0.4 is 9.79 Å². The number of halogens is 1. The third-order valence-electron chi connectivity index (χ3n) is 2.80. The van der Waals surface area contributed by atoms with Gasteiger partial charge in [0.05, 0.1) is 0 Å². The van der Waals surface area contributed by atoms with Gasteiger partial charge in [0.1, 0.15) is 0 Å². The van der Waals surface area contributed by atoms with Crippen LogP contribution in [0, 0.1) is 0 Å². The van der Waals surface area contributed by atoms with E-state index in [1.165, 1.54) is 4.68 Å². The zero-order valence-corrected chi connectivity index (χ0v) is 12.4. The second kappa shape index (κ2) is 5.88. The lowest BCUT2D eigenvalue weighted by atomic mass is 10.2. The van der Waals surface area contributed by atoms with Crippen LogP contribution in [0.4, 0.5) is 5.88 Å². The van der Waals surface area contributed by atoms with Crippen LogP contribution in [0.1, 0.15) is 5.56 Å². The Morgan fingerprint density at radius 1 is 1.05 bits per heavy atom. The molecule has 6 heteroatoms. The minimum Gasteiger partial charge on any atom is -0.858 e. The van der Waals surface area contributed by atoms with Gasteiger partial charge in [-0.05, 0) is 11.5 Å². The van der Waals surface area contributed by atoms with Crippen LogP contribution in [0.25, 0.3) is 5.69 Å². The Bertz CT molecular complexity index is 770. The predicted molar refractivity (Wildman–Crippen MR) is 78.4 cm³/mol. The molecule has 0 aliphatic heterocycles. The standard InChI is InChI=1S/C15H10BrN3O2/c16-13-15(17-14(20)11-7-3-1-4-8-11)21-18-19(13)12-9-5-2-6-10-12/h1-10H. The first kappa shape index (κ1) is 13.5. The number of hydrogen-bond donors (Lipinski definition) is 0. The van der Waals surface area contributed by atoms with Crippen LogP contribution in [-0.2, 0) is 0 Å². The van der Waals surface area contributed by atoms with Gasteiger partial charge in [-0.3, -0.25) is 4.52 Å². The Morgan fingerprint density at radius 3 is 2.33 bits per heavy atom. The van der Waals surface area contributed by atoms with Crippen LogP contribution in [-0.4, -0.2) is 11.2 Å². The van der Waals surface area contributed by atoms with Gasteiger partial charge in [0.15, 0.2) is 0 Å². The van der Waals surface area contributed by atoms with Crippen molar-refractivity contribution >= 4 is 27.7 Å². The van der Waals surface area contributed by atoms with E-state index in [2.05, 4.69) is 26.2 Å². The third-order valence-corrected chi connectivity index (χ3v) is 3.47. The lowest BCUT2D eigenvalue weighted by molar-refractivity contribution is -0.680. The summed E-state index contributed by atoms with van der Waals surface area (Å²) in [6.07, 6.45) is 0. The topological polar surface area (TPSA) is 65.3 Å². The van der Waals surface area contributed by atoms with Gasteiger partial charge in [-0.1, -0.05) is 48.5 Å². The highest BCUT2D eigenvalue weighted by Crippen LogP contribution is 2.22. The minimum atomic E-state index is -0.382. The molecule has 2 aromatic carbocycles. The summed E-state index contributed by atoms with van der Waals surface area (Å²) in [5.41, 5.74) is 1.30. The van der Waals surface area contributed by atoms with E-state index in [-0.39, 0.29) is 11.8 Å². The summed E-state index contributed by atoms with van der Waals surface area (Å²) in [6, 6.07) is 18.2. The minimum absolute atomic E-state index is 0.132. The SMILES string of the molecule is [O-]/C(=N\c1on[n+](-c2ccccc2)c1Br)c1ccccc1. The normalized spacial score (nSPS) is 11.6. The first-order valence-corrected chi connectivity index (χ1v) is 6.99. The molecular weight excluding hydrogens is 334 g/mol. The largest absolute Gasteiger partial charge is 0.858 e. The van der Waals surface area contributed by atoms with Crippen molar-refractivity contribution in [2.24, 2.45) is 4.99 Å². The van der Waals surface area contributed by atoms with Gasteiger partial charge in [-0.2, -0.15) is 0 Å². The van der Waals surface area contributed by atoms with E-state index < -0.39 is 0 Å². The Balaban J connectivity index is 1.97. The number of rotatable bonds is 3. The van der Waals surface area contributed by atoms with Crippen LogP contribution >= 0.6 is 15.9 Å². The Morgan fingerprint density at radius 2 is 1.67 bits per heavy atom. The molecule has 1 aromatic heterocycles. The number of hydrogen-bond acceptors (Lipinski definition) is 4.